The molecular weight excluding hydrogens is 454 g/mol. The average molecular weight is 485 g/mol. The third-order valence-electron chi connectivity index (χ3n) is 4.18. The van der Waals surface area contributed by atoms with Gasteiger partial charge in [-0.3, -0.25) is 4.79 Å². The molecule has 0 unspecified atom stereocenters. The Kier molecular flexibility index (Phi) is 12.2. The first-order chi connectivity index (χ1) is 16.1. The Labute approximate surface area is 197 Å². The highest BCUT2D eigenvalue weighted by molar-refractivity contribution is 5.76. The normalized spacial score (nSPS) is 13.0. The lowest BCUT2D eigenvalue weighted by atomic mass is 10.1. The molecule has 0 saturated carbocycles. The van der Waals surface area contributed by atoms with Crippen molar-refractivity contribution >= 4 is 24.4 Å². The summed E-state index contributed by atoms with van der Waals surface area (Å²) < 4.78 is 34.5. The fourth-order valence-corrected chi connectivity index (χ4v) is 2.42. The Morgan fingerprint density at radius 2 is 1.26 bits per heavy atom. The second-order valence-corrected chi connectivity index (χ2v) is 6.81. The Morgan fingerprint density at radius 3 is 1.82 bits per heavy atom. The largest absolute Gasteiger partial charge is 0.513 e. The number of rotatable bonds is 11. The summed E-state index contributed by atoms with van der Waals surface area (Å²) in [5, 5.41) is 0. The van der Waals surface area contributed by atoms with Gasteiger partial charge in [0.1, 0.15) is 18.2 Å². The van der Waals surface area contributed by atoms with Crippen molar-refractivity contribution in [3.8, 4) is 11.5 Å². The minimum absolute atomic E-state index is 0.00244. The van der Waals surface area contributed by atoms with Crippen molar-refractivity contribution in [2.75, 3.05) is 19.8 Å². The van der Waals surface area contributed by atoms with Crippen LogP contribution in [0.4, 0.5) is 14.4 Å². The molecule has 1 rings (SSSR count). The molecule has 0 aliphatic heterocycles. The molecule has 190 valence electrons. The number of hydrogen-bond acceptors (Lipinski definition) is 12. The van der Waals surface area contributed by atoms with E-state index in [2.05, 4.69) is 4.74 Å². The summed E-state index contributed by atoms with van der Waals surface area (Å²) in [6.45, 7) is 8.22. The molecule has 12 nitrogen and oxygen atoms in total. The lowest BCUT2D eigenvalue weighted by molar-refractivity contribution is -0.155. The molecule has 0 bridgehead atoms. The third-order valence-corrected chi connectivity index (χ3v) is 4.18. The number of carbonyl (C=O) groups excluding carboxylic acids is 4. The fourth-order valence-electron chi connectivity index (χ4n) is 2.42. The highest BCUT2D eigenvalue weighted by Crippen LogP contribution is 2.30. The third kappa shape index (κ3) is 9.94. The second-order valence-electron chi connectivity index (χ2n) is 6.81. The predicted octanol–water partition coefficient (Wildman–Crippen LogP) is 3.12. The zero-order valence-electron chi connectivity index (χ0n) is 19.9. The SMILES string of the molecule is CCOC(=O)Oc1ccc(C[C@H](N)C(=O)O[C@@H](C)[C@H](C)OC(=O)OCC)cc1OC(=O)OCC. The predicted molar refractivity (Wildman–Crippen MR) is 117 cm³/mol. The Bertz CT molecular complexity index is 842. The van der Waals surface area contributed by atoms with Crippen molar-refractivity contribution in [3.05, 3.63) is 23.8 Å². The molecule has 0 heterocycles. The van der Waals surface area contributed by atoms with Gasteiger partial charge in [-0.25, -0.2) is 14.4 Å². The Morgan fingerprint density at radius 1 is 0.765 bits per heavy atom. The van der Waals surface area contributed by atoms with Gasteiger partial charge in [0, 0.05) is 0 Å². The molecule has 0 fully saturated rings. The van der Waals surface area contributed by atoms with E-state index < -0.39 is 42.7 Å². The van der Waals surface area contributed by atoms with E-state index in [-0.39, 0.29) is 37.7 Å². The minimum atomic E-state index is -1.09. The van der Waals surface area contributed by atoms with E-state index in [0.717, 1.165) is 0 Å². The molecule has 0 spiro atoms. The average Bonchev–Trinajstić information content (AvgIpc) is 2.75. The van der Waals surface area contributed by atoms with Crippen LogP contribution in [0.15, 0.2) is 18.2 Å². The summed E-state index contributed by atoms with van der Waals surface area (Å²) in [5.74, 6) is -0.967. The minimum Gasteiger partial charge on any atom is -0.458 e. The van der Waals surface area contributed by atoms with Crippen molar-refractivity contribution in [2.24, 2.45) is 5.73 Å². The topological polar surface area (TPSA) is 159 Å². The monoisotopic (exact) mass is 485 g/mol. The van der Waals surface area contributed by atoms with Gasteiger partial charge in [-0.1, -0.05) is 6.07 Å². The smallest absolute Gasteiger partial charge is 0.458 e. The molecular formula is C22H31NO11. The highest BCUT2D eigenvalue weighted by atomic mass is 16.7. The maximum Gasteiger partial charge on any atom is 0.513 e. The van der Waals surface area contributed by atoms with E-state index in [4.69, 9.17) is 34.2 Å². The standard InChI is InChI=1S/C22H31NO11/c1-6-28-20(25)32-14(5)13(4)31-19(24)16(23)11-15-9-10-17(33-21(26)29-7-2)18(12-15)34-22(27)30-8-3/h9-10,12-14,16H,6-8,11,23H2,1-5H3/t13-,14-,16-/m0/s1. The van der Waals surface area contributed by atoms with Crippen molar-refractivity contribution in [3.63, 3.8) is 0 Å². The van der Waals surface area contributed by atoms with Gasteiger partial charge in [-0.15, -0.1) is 0 Å². The quantitative estimate of drug-likeness (QED) is 0.277. The van der Waals surface area contributed by atoms with Crippen molar-refractivity contribution in [1.29, 1.82) is 0 Å². The molecule has 2 N–H and O–H groups in total. The molecule has 12 heteroatoms. The molecule has 0 aromatic heterocycles. The van der Waals surface area contributed by atoms with E-state index >= 15 is 0 Å². The molecule has 3 atom stereocenters. The molecule has 0 amide bonds. The highest BCUT2D eigenvalue weighted by Gasteiger charge is 2.25. The fraction of sp³-hybridized carbons (Fsp3) is 0.545. The number of hydrogen-bond donors (Lipinski definition) is 1. The molecule has 0 aliphatic rings. The number of ether oxygens (including phenoxy) is 7. The summed E-state index contributed by atoms with van der Waals surface area (Å²) in [6.07, 6.45) is -4.43. The Hall–Kier alpha value is -3.54. The molecule has 34 heavy (non-hydrogen) atoms. The lowest BCUT2D eigenvalue weighted by Gasteiger charge is -2.22. The van der Waals surface area contributed by atoms with Gasteiger partial charge >= 0.3 is 24.4 Å². The van der Waals surface area contributed by atoms with E-state index in [1.54, 1.807) is 34.6 Å². The van der Waals surface area contributed by atoms with Gasteiger partial charge in [0.2, 0.25) is 0 Å². The van der Waals surface area contributed by atoms with E-state index in [0.29, 0.717) is 5.56 Å². The van der Waals surface area contributed by atoms with E-state index in [9.17, 15) is 19.2 Å². The molecule has 0 radical (unpaired) electrons. The van der Waals surface area contributed by atoms with Crippen LogP contribution in [-0.2, 0) is 34.9 Å². The molecule has 0 saturated heterocycles. The lowest BCUT2D eigenvalue weighted by Crippen LogP contribution is -2.39. The molecule has 1 aromatic rings. The second kappa shape index (κ2) is 14.6. The van der Waals surface area contributed by atoms with Gasteiger partial charge in [0.15, 0.2) is 11.5 Å². The van der Waals surface area contributed by atoms with Crippen LogP contribution < -0.4 is 15.2 Å². The summed E-state index contributed by atoms with van der Waals surface area (Å²) in [6, 6.07) is 3.16. The summed E-state index contributed by atoms with van der Waals surface area (Å²) in [4.78, 5) is 47.2. The van der Waals surface area contributed by atoms with Crippen LogP contribution in [0.1, 0.15) is 40.2 Å². The molecule has 0 aliphatic carbocycles. The van der Waals surface area contributed by atoms with E-state index in [1.807, 2.05) is 0 Å². The summed E-state index contributed by atoms with van der Waals surface area (Å²) >= 11 is 0. The van der Waals surface area contributed by atoms with Crippen molar-refractivity contribution < 1.29 is 52.3 Å². The maximum atomic E-state index is 12.4. The van der Waals surface area contributed by atoms with Crippen LogP contribution >= 0.6 is 0 Å². The van der Waals surface area contributed by atoms with Crippen molar-refractivity contribution in [2.45, 2.75) is 59.3 Å². The van der Waals surface area contributed by atoms with Gasteiger partial charge in [-0.05, 0) is 58.7 Å². The Balaban J connectivity index is 2.87. The number of benzene rings is 1. The number of esters is 1. The van der Waals surface area contributed by atoms with Crippen LogP contribution in [0.3, 0.4) is 0 Å². The summed E-state index contributed by atoms with van der Waals surface area (Å²) in [7, 11) is 0. The van der Waals surface area contributed by atoms with Crippen molar-refractivity contribution in [1.82, 2.24) is 0 Å². The molecule has 1 aromatic carbocycles. The van der Waals surface area contributed by atoms with Gasteiger partial charge in [-0.2, -0.15) is 0 Å². The number of carbonyl (C=O) groups is 4. The summed E-state index contributed by atoms with van der Waals surface area (Å²) in [5.41, 5.74) is 6.43. The van der Waals surface area contributed by atoms with Crippen LogP contribution in [0.2, 0.25) is 0 Å². The first kappa shape index (κ1) is 28.5. The zero-order valence-corrected chi connectivity index (χ0v) is 19.9. The van der Waals surface area contributed by atoms with Crippen LogP contribution in [0.25, 0.3) is 0 Å². The van der Waals surface area contributed by atoms with Gasteiger partial charge in [0.25, 0.3) is 0 Å². The maximum absolute atomic E-state index is 12.4. The van der Waals surface area contributed by atoms with Gasteiger partial charge in [0.05, 0.1) is 19.8 Å². The van der Waals surface area contributed by atoms with Crippen LogP contribution in [0, 0.1) is 0 Å². The zero-order chi connectivity index (χ0) is 25.7. The number of nitrogens with two attached hydrogens (primary N) is 1. The first-order valence-electron chi connectivity index (χ1n) is 10.7. The van der Waals surface area contributed by atoms with Crippen LogP contribution in [-0.4, -0.2) is 62.5 Å². The van der Waals surface area contributed by atoms with Crippen LogP contribution in [0.5, 0.6) is 11.5 Å². The van der Waals surface area contributed by atoms with Gasteiger partial charge < -0.3 is 38.9 Å². The van der Waals surface area contributed by atoms with E-state index in [1.165, 1.54) is 18.2 Å². The first-order valence-corrected chi connectivity index (χ1v) is 10.7.